The number of amides is 1. The number of halogens is 1. The van der Waals surface area contributed by atoms with Crippen LogP contribution < -0.4 is 5.73 Å². The Bertz CT molecular complexity index is 394. The summed E-state index contributed by atoms with van der Waals surface area (Å²) in [5.74, 6) is 0.231. The van der Waals surface area contributed by atoms with E-state index in [1.165, 1.54) is 11.3 Å². The zero-order chi connectivity index (χ0) is 13.7. The van der Waals surface area contributed by atoms with Gasteiger partial charge in [-0.05, 0) is 25.0 Å². The van der Waals surface area contributed by atoms with Gasteiger partial charge in [0.2, 0.25) is 5.91 Å². The Hall–Kier alpha value is -0.580. The minimum Gasteiger partial charge on any atom is -0.336 e. The number of nitrogens with two attached hydrogens (primary N) is 1. The van der Waals surface area contributed by atoms with Gasteiger partial charge in [0, 0.05) is 11.4 Å². The van der Waals surface area contributed by atoms with Crippen LogP contribution >= 0.6 is 22.9 Å². The van der Waals surface area contributed by atoms with Crippen molar-refractivity contribution in [3.05, 3.63) is 21.3 Å². The Morgan fingerprint density at radius 3 is 2.61 bits per heavy atom. The molecule has 2 atom stereocenters. The van der Waals surface area contributed by atoms with Crippen LogP contribution in [0.15, 0.2) is 12.1 Å². The molecular formula is C13H21ClN2OS. The maximum atomic E-state index is 12.3. The highest BCUT2D eigenvalue weighted by atomic mass is 35.5. The van der Waals surface area contributed by atoms with Crippen LogP contribution in [0.5, 0.6) is 0 Å². The lowest BCUT2D eigenvalue weighted by Crippen LogP contribution is -2.46. The maximum Gasteiger partial charge on any atom is 0.240 e. The smallest absolute Gasteiger partial charge is 0.240 e. The lowest BCUT2D eigenvalue weighted by molar-refractivity contribution is -0.134. The second-order valence-electron chi connectivity index (χ2n) is 4.47. The number of hydrogen-bond acceptors (Lipinski definition) is 3. The van der Waals surface area contributed by atoms with Crippen molar-refractivity contribution in [2.45, 2.75) is 39.8 Å². The van der Waals surface area contributed by atoms with Crippen molar-refractivity contribution in [3.8, 4) is 0 Å². The third-order valence-electron chi connectivity index (χ3n) is 3.21. The molecule has 2 N–H and O–H groups in total. The molecule has 0 aliphatic carbocycles. The fourth-order valence-electron chi connectivity index (χ4n) is 1.68. The predicted molar refractivity (Wildman–Crippen MR) is 77.9 cm³/mol. The summed E-state index contributed by atoms with van der Waals surface area (Å²) in [6, 6.07) is 3.40. The van der Waals surface area contributed by atoms with E-state index < -0.39 is 6.04 Å². The molecule has 0 unspecified atom stereocenters. The molecule has 0 radical (unpaired) electrons. The molecular weight excluding hydrogens is 268 g/mol. The van der Waals surface area contributed by atoms with Gasteiger partial charge in [-0.25, -0.2) is 0 Å². The van der Waals surface area contributed by atoms with Crippen molar-refractivity contribution >= 4 is 28.8 Å². The van der Waals surface area contributed by atoms with Crippen LogP contribution in [0.25, 0.3) is 0 Å². The monoisotopic (exact) mass is 288 g/mol. The van der Waals surface area contributed by atoms with Crippen LogP contribution in [-0.2, 0) is 11.3 Å². The first-order valence-electron chi connectivity index (χ1n) is 6.28. The Labute approximate surface area is 118 Å². The molecule has 0 saturated carbocycles. The Balaban J connectivity index is 2.68. The summed E-state index contributed by atoms with van der Waals surface area (Å²) in [4.78, 5) is 15.1. The molecule has 1 aromatic rings. The van der Waals surface area contributed by atoms with Crippen molar-refractivity contribution in [1.82, 2.24) is 4.90 Å². The van der Waals surface area contributed by atoms with Gasteiger partial charge in [0.1, 0.15) is 0 Å². The summed E-state index contributed by atoms with van der Waals surface area (Å²) < 4.78 is 0.750. The molecule has 1 heterocycles. The van der Waals surface area contributed by atoms with E-state index in [1.807, 2.05) is 32.9 Å². The van der Waals surface area contributed by atoms with E-state index >= 15 is 0 Å². The van der Waals surface area contributed by atoms with Gasteiger partial charge in [0.05, 0.1) is 16.9 Å². The molecule has 0 spiro atoms. The van der Waals surface area contributed by atoms with E-state index in [1.54, 1.807) is 4.90 Å². The normalized spacial score (nSPS) is 14.3. The summed E-state index contributed by atoms with van der Waals surface area (Å²) in [5, 5.41) is 0. The van der Waals surface area contributed by atoms with Crippen molar-refractivity contribution in [2.75, 3.05) is 6.54 Å². The number of likely N-dealkylation sites (N-methyl/N-ethyl adjacent to an activating group) is 1. The average molecular weight is 289 g/mol. The molecule has 102 valence electrons. The minimum atomic E-state index is -0.412. The fraction of sp³-hybridized carbons (Fsp3) is 0.615. The van der Waals surface area contributed by atoms with Gasteiger partial charge in [-0.3, -0.25) is 4.79 Å². The first-order valence-corrected chi connectivity index (χ1v) is 7.47. The molecule has 0 fully saturated rings. The highest BCUT2D eigenvalue weighted by molar-refractivity contribution is 7.16. The van der Waals surface area contributed by atoms with Crippen molar-refractivity contribution in [1.29, 1.82) is 0 Å². The van der Waals surface area contributed by atoms with Gasteiger partial charge in [-0.2, -0.15) is 0 Å². The standard InChI is InChI=1S/C13H21ClN2OS/c1-4-9(3)12(15)13(17)16(5-2)8-10-6-7-11(14)18-10/h6-7,9,12H,4-5,8,15H2,1-3H3/t9-,12-/m0/s1. The second kappa shape index (κ2) is 7.12. The third-order valence-corrected chi connectivity index (χ3v) is 4.43. The number of rotatable bonds is 6. The molecule has 3 nitrogen and oxygen atoms in total. The number of hydrogen-bond donors (Lipinski definition) is 1. The average Bonchev–Trinajstić information content (AvgIpc) is 2.78. The van der Waals surface area contributed by atoms with E-state index in [4.69, 9.17) is 17.3 Å². The quantitative estimate of drug-likeness (QED) is 0.874. The molecule has 0 aliphatic rings. The first kappa shape index (κ1) is 15.5. The lowest BCUT2D eigenvalue weighted by atomic mass is 9.99. The highest BCUT2D eigenvalue weighted by Gasteiger charge is 2.24. The lowest BCUT2D eigenvalue weighted by Gasteiger charge is -2.26. The second-order valence-corrected chi connectivity index (χ2v) is 6.27. The van der Waals surface area contributed by atoms with Gasteiger partial charge in [0.25, 0.3) is 0 Å². The van der Waals surface area contributed by atoms with E-state index in [-0.39, 0.29) is 11.8 Å². The number of nitrogens with zero attached hydrogens (tertiary/aromatic N) is 1. The summed E-state index contributed by atoms with van der Waals surface area (Å²) >= 11 is 7.40. The summed E-state index contributed by atoms with van der Waals surface area (Å²) in [6.07, 6.45) is 0.912. The zero-order valence-corrected chi connectivity index (χ0v) is 12.7. The van der Waals surface area contributed by atoms with Gasteiger partial charge in [-0.15, -0.1) is 11.3 Å². The van der Waals surface area contributed by atoms with Gasteiger partial charge >= 0.3 is 0 Å². The largest absolute Gasteiger partial charge is 0.336 e. The Morgan fingerprint density at radius 2 is 2.17 bits per heavy atom. The van der Waals surface area contributed by atoms with Crippen LogP contribution in [0.2, 0.25) is 4.34 Å². The fourth-order valence-corrected chi connectivity index (χ4v) is 2.78. The van der Waals surface area contributed by atoms with Crippen LogP contribution in [0, 0.1) is 5.92 Å². The third kappa shape index (κ3) is 3.97. The van der Waals surface area contributed by atoms with Crippen molar-refractivity contribution in [2.24, 2.45) is 11.7 Å². The maximum absolute atomic E-state index is 12.3. The molecule has 1 aromatic heterocycles. The molecule has 0 bridgehead atoms. The molecule has 1 amide bonds. The highest BCUT2D eigenvalue weighted by Crippen LogP contribution is 2.23. The van der Waals surface area contributed by atoms with E-state index in [2.05, 4.69) is 0 Å². The molecule has 18 heavy (non-hydrogen) atoms. The predicted octanol–water partition coefficient (Wildman–Crippen LogP) is 3.12. The summed E-state index contributed by atoms with van der Waals surface area (Å²) in [5.41, 5.74) is 5.99. The number of carbonyl (C=O) groups excluding carboxylic acids is 1. The molecule has 0 saturated heterocycles. The number of carbonyl (C=O) groups is 1. The van der Waals surface area contributed by atoms with Crippen molar-refractivity contribution < 1.29 is 4.79 Å². The van der Waals surface area contributed by atoms with Gasteiger partial charge < -0.3 is 10.6 Å². The summed E-state index contributed by atoms with van der Waals surface area (Å²) in [6.45, 7) is 7.29. The molecule has 5 heteroatoms. The summed E-state index contributed by atoms with van der Waals surface area (Å²) in [7, 11) is 0. The van der Waals surface area contributed by atoms with Crippen LogP contribution in [0.4, 0.5) is 0 Å². The SMILES string of the molecule is CC[C@H](C)[C@H](N)C(=O)N(CC)Cc1ccc(Cl)s1. The van der Waals surface area contributed by atoms with Gasteiger partial charge in [0.15, 0.2) is 0 Å². The van der Waals surface area contributed by atoms with Gasteiger partial charge in [-0.1, -0.05) is 31.9 Å². The van der Waals surface area contributed by atoms with Crippen LogP contribution in [0.3, 0.4) is 0 Å². The number of thiophene rings is 1. The van der Waals surface area contributed by atoms with E-state index in [0.29, 0.717) is 13.1 Å². The Morgan fingerprint density at radius 1 is 1.50 bits per heavy atom. The first-order chi connectivity index (χ1) is 8.49. The topological polar surface area (TPSA) is 46.3 Å². The molecule has 0 aliphatic heterocycles. The zero-order valence-electron chi connectivity index (χ0n) is 11.1. The van der Waals surface area contributed by atoms with E-state index in [9.17, 15) is 4.79 Å². The molecule has 0 aromatic carbocycles. The van der Waals surface area contributed by atoms with Crippen molar-refractivity contribution in [3.63, 3.8) is 0 Å². The van der Waals surface area contributed by atoms with E-state index in [0.717, 1.165) is 15.6 Å². The minimum absolute atomic E-state index is 0.0244. The molecule has 1 rings (SSSR count). The van der Waals surface area contributed by atoms with Crippen LogP contribution in [-0.4, -0.2) is 23.4 Å². The van der Waals surface area contributed by atoms with Crippen LogP contribution in [0.1, 0.15) is 32.1 Å². The Kier molecular flexibility index (Phi) is 6.12.